The molecule has 1 aromatic rings. The zero-order chi connectivity index (χ0) is 12.4. The van der Waals surface area contributed by atoms with Crippen LogP contribution in [0.2, 0.25) is 0 Å². The van der Waals surface area contributed by atoms with Gasteiger partial charge in [0.15, 0.2) is 0 Å². The molecular formula is C13H17N3O2. The molecule has 1 N–H and O–H groups in total. The maximum atomic E-state index is 12.1. The van der Waals surface area contributed by atoms with Gasteiger partial charge in [0.1, 0.15) is 0 Å². The molecule has 5 heteroatoms. The number of nitrogens with one attached hydrogen (secondary N) is 1. The topological polar surface area (TPSA) is 54.5 Å². The van der Waals surface area contributed by atoms with Gasteiger partial charge in [-0.2, -0.15) is 0 Å². The number of likely N-dealkylation sites (tertiary alicyclic amines) is 1. The molecule has 0 spiro atoms. The molecule has 96 valence electrons. The van der Waals surface area contributed by atoms with Gasteiger partial charge in [0.2, 0.25) is 0 Å². The summed E-state index contributed by atoms with van der Waals surface area (Å²) in [4.78, 5) is 18.0. The van der Waals surface area contributed by atoms with Gasteiger partial charge in [0.25, 0.3) is 0 Å². The largest absolute Gasteiger partial charge is 0.378 e. The molecule has 18 heavy (non-hydrogen) atoms. The number of pyridine rings is 1. The number of carbonyl (C=O) groups excluding carboxylic acids is 1. The van der Waals surface area contributed by atoms with E-state index in [0.717, 1.165) is 38.2 Å². The summed E-state index contributed by atoms with van der Waals surface area (Å²) in [6.45, 7) is 2.41. The molecule has 0 aromatic carbocycles. The number of carbonyl (C=O) groups is 1. The average Bonchev–Trinajstić information content (AvgIpc) is 2.87. The normalized spacial score (nSPS) is 26.8. The van der Waals surface area contributed by atoms with E-state index in [0.29, 0.717) is 12.0 Å². The van der Waals surface area contributed by atoms with Crippen molar-refractivity contribution in [1.82, 2.24) is 9.88 Å². The second-order valence-electron chi connectivity index (χ2n) is 4.86. The second kappa shape index (κ2) is 4.94. The molecule has 2 atom stereocenters. The number of amides is 2. The molecule has 2 amide bonds. The Morgan fingerprint density at radius 3 is 3.28 bits per heavy atom. The van der Waals surface area contributed by atoms with Crippen molar-refractivity contribution in [3.8, 4) is 0 Å². The second-order valence-corrected chi connectivity index (χ2v) is 4.86. The molecule has 3 heterocycles. The number of rotatable bonds is 1. The van der Waals surface area contributed by atoms with E-state index in [9.17, 15) is 4.79 Å². The van der Waals surface area contributed by atoms with Gasteiger partial charge in [-0.3, -0.25) is 4.98 Å². The zero-order valence-electron chi connectivity index (χ0n) is 10.2. The van der Waals surface area contributed by atoms with Crippen LogP contribution >= 0.6 is 0 Å². The number of nitrogens with zero attached hydrogens (tertiary/aromatic N) is 2. The first-order chi connectivity index (χ1) is 8.83. The van der Waals surface area contributed by atoms with Crippen LogP contribution in [-0.4, -0.2) is 41.7 Å². The third-order valence-corrected chi connectivity index (χ3v) is 3.68. The first kappa shape index (κ1) is 11.5. The van der Waals surface area contributed by atoms with Crippen LogP contribution in [0, 0.1) is 5.92 Å². The van der Waals surface area contributed by atoms with Crippen LogP contribution in [0.5, 0.6) is 0 Å². The first-order valence-corrected chi connectivity index (χ1v) is 6.40. The Labute approximate surface area is 106 Å². The van der Waals surface area contributed by atoms with Crippen LogP contribution in [-0.2, 0) is 4.74 Å². The third kappa shape index (κ3) is 2.31. The van der Waals surface area contributed by atoms with Crippen LogP contribution in [0.15, 0.2) is 24.5 Å². The van der Waals surface area contributed by atoms with Crippen molar-refractivity contribution in [2.45, 2.75) is 18.9 Å². The predicted octanol–water partition coefficient (Wildman–Crippen LogP) is 1.72. The standard InChI is InChI=1S/C13H17N3O2/c17-13(15-11-2-1-5-14-8-11)16-6-3-12-10(9-16)4-7-18-12/h1-2,5,8,10,12H,3-4,6-7,9H2,(H,15,17)/t10-,12+/m1/s1. The summed E-state index contributed by atoms with van der Waals surface area (Å²) in [5, 5.41) is 2.88. The highest BCUT2D eigenvalue weighted by Crippen LogP contribution is 2.28. The fourth-order valence-corrected chi connectivity index (χ4v) is 2.70. The van der Waals surface area contributed by atoms with Crippen LogP contribution < -0.4 is 5.32 Å². The molecule has 0 bridgehead atoms. The maximum Gasteiger partial charge on any atom is 0.321 e. The van der Waals surface area contributed by atoms with E-state index in [4.69, 9.17) is 4.74 Å². The zero-order valence-corrected chi connectivity index (χ0v) is 10.2. The van der Waals surface area contributed by atoms with Crippen LogP contribution in [0.3, 0.4) is 0 Å². The van der Waals surface area contributed by atoms with E-state index in [1.165, 1.54) is 0 Å². The molecule has 2 aliphatic rings. The monoisotopic (exact) mass is 247 g/mol. The van der Waals surface area contributed by atoms with Gasteiger partial charge in [-0.15, -0.1) is 0 Å². The van der Waals surface area contributed by atoms with E-state index < -0.39 is 0 Å². The Morgan fingerprint density at radius 1 is 1.50 bits per heavy atom. The molecule has 5 nitrogen and oxygen atoms in total. The molecule has 0 radical (unpaired) electrons. The number of ether oxygens (including phenoxy) is 1. The maximum absolute atomic E-state index is 12.1. The highest BCUT2D eigenvalue weighted by molar-refractivity contribution is 5.89. The summed E-state index contributed by atoms with van der Waals surface area (Å²) in [6.07, 6.45) is 5.74. The minimum atomic E-state index is -0.0339. The van der Waals surface area contributed by atoms with Gasteiger partial charge < -0.3 is 15.0 Å². The van der Waals surface area contributed by atoms with Crippen molar-refractivity contribution in [3.05, 3.63) is 24.5 Å². The number of hydrogen-bond donors (Lipinski definition) is 1. The number of hydrogen-bond acceptors (Lipinski definition) is 3. The Balaban J connectivity index is 1.60. The highest BCUT2D eigenvalue weighted by Gasteiger charge is 2.35. The van der Waals surface area contributed by atoms with Crippen molar-refractivity contribution in [2.24, 2.45) is 5.92 Å². The molecule has 3 rings (SSSR count). The smallest absolute Gasteiger partial charge is 0.321 e. The summed E-state index contributed by atoms with van der Waals surface area (Å²) in [5.41, 5.74) is 0.743. The number of aromatic nitrogens is 1. The molecule has 2 aliphatic heterocycles. The number of anilines is 1. The summed E-state index contributed by atoms with van der Waals surface area (Å²) < 4.78 is 5.63. The van der Waals surface area contributed by atoms with Gasteiger partial charge in [-0.1, -0.05) is 0 Å². The van der Waals surface area contributed by atoms with Gasteiger partial charge >= 0.3 is 6.03 Å². The van der Waals surface area contributed by atoms with Gasteiger partial charge in [0, 0.05) is 31.8 Å². The number of piperidine rings is 1. The van der Waals surface area contributed by atoms with Crippen LogP contribution in [0.4, 0.5) is 10.5 Å². The Bertz CT molecular complexity index is 424. The van der Waals surface area contributed by atoms with Gasteiger partial charge in [-0.25, -0.2) is 4.79 Å². The molecular weight excluding hydrogens is 230 g/mol. The quantitative estimate of drug-likeness (QED) is 0.822. The molecule has 1 aromatic heterocycles. The highest BCUT2D eigenvalue weighted by atomic mass is 16.5. The molecule has 0 unspecified atom stereocenters. The van der Waals surface area contributed by atoms with Crippen LogP contribution in [0.25, 0.3) is 0 Å². The Morgan fingerprint density at radius 2 is 2.44 bits per heavy atom. The van der Waals surface area contributed by atoms with Gasteiger partial charge in [-0.05, 0) is 25.0 Å². The molecule has 2 saturated heterocycles. The van der Waals surface area contributed by atoms with Crippen molar-refractivity contribution >= 4 is 11.7 Å². The minimum absolute atomic E-state index is 0.0339. The van der Waals surface area contributed by atoms with Gasteiger partial charge in [0.05, 0.1) is 18.0 Å². The fourth-order valence-electron chi connectivity index (χ4n) is 2.70. The molecule has 0 aliphatic carbocycles. The summed E-state index contributed by atoms with van der Waals surface area (Å²) in [7, 11) is 0. The number of urea groups is 1. The summed E-state index contributed by atoms with van der Waals surface area (Å²) in [5.74, 6) is 0.512. The lowest BCUT2D eigenvalue weighted by atomic mass is 9.94. The average molecular weight is 247 g/mol. The van der Waals surface area contributed by atoms with Crippen molar-refractivity contribution in [2.75, 3.05) is 25.0 Å². The lowest BCUT2D eigenvalue weighted by Gasteiger charge is -2.34. The molecule has 0 saturated carbocycles. The van der Waals surface area contributed by atoms with E-state index >= 15 is 0 Å². The predicted molar refractivity (Wildman–Crippen MR) is 67.3 cm³/mol. The van der Waals surface area contributed by atoms with E-state index in [-0.39, 0.29) is 6.03 Å². The third-order valence-electron chi connectivity index (χ3n) is 3.68. The minimum Gasteiger partial charge on any atom is -0.378 e. The lowest BCUT2D eigenvalue weighted by Crippen LogP contribution is -2.46. The van der Waals surface area contributed by atoms with E-state index in [2.05, 4.69) is 10.3 Å². The van der Waals surface area contributed by atoms with Crippen molar-refractivity contribution in [3.63, 3.8) is 0 Å². The van der Waals surface area contributed by atoms with Crippen molar-refractivity contribution in [1.29, 1.82) is 0 Å². The summed E-state index contributed by atoms with van der Waals surface area (Å²) >= 11 is 0. The number of fused-ring (bicyclic) bond motifs is 1. The fraction of sp³-hybridized carbons (Fsp3) is 0.538. The Hall–Kier alpha value is -1.62. The first-order valence-electron chi connectivity index (χ1n) is 6.40. The van der Waals surface area contributed by atoms with E-state index in [1.807, 2.05) is 17.0 Å². The molecule has 2 fully saturated rings. The summed E-state index contributed by atoms with van der Waals surface area (Å²) in [6, 6.07) is 3.62. The lowest BCUT2D eigenvalue weighted by molar-refractivity contribution is 0.0469. The van der Waals surface area contributed by atoms with Crippen LogP contribution in [0.1, 0.15) is 12.8 Å². The van der Waals surface area contributed by atoms with E-state index in [1.54, 1.807) is 12.4 Å². The Kier molecular flexibility index (Phi) is 3.15. The SMILES string of the molecule is O=C(Nc1cccnc1)N1CC[C@@H]2OCC[C@@H]2C1. The van der Waals surface area contributed by atoms with Crippen molar-refractivity contribution < 1.29 is 9.53 Å².